The molecule has 80 valence electrons. The molecule has 0 N–H and O–H groups in total. The van der Waals surface area contributed by atoms with Crippen LogP contribution in [0.15, 0.2) is 12.1 Å². The molecule has 1 unspecified atom stereocenters. The molecule has 0 aliphatic heterocycles. The highest BCUT2D eigenvalue weighted by Gasteiger charge is 2.13. The van der Waals surface area contributed by atoms with Gasteiger partial charge in [0, 0.05) is 5.56 Å². The third kappa shape index (κ3) is 2.34. The molecule has 0 aromatic heterocycles. The van der Waals surface area contributed by atoms with Gasteiger partial charge in [-0.3, -0.25) is 9.59 Å². The molecule has 0 spiro atoms. The van der Waals surface area contributed by atoms with Crippen LogP contribution in [-0.4, -0.2) is 26.0 Å². The number of aldehydes is 1. The lowest BCUT2D eigenvalue weighted by atomic mass is 10.1. The van der Waals surface area contributed by atoms with Crippen molar-refractivity contribution in [2.24, 2.45) is 0 Å². The topological polar surface area (TPSA) is 52.6 Å². The summed E-state index contributed by atoms with van der Waals surface area (Å²) >= 11 is 0. The van der Waals surface area contributed by atoms with E-state index in [0.29, 0.717) is 28.9 Å². The molecule has 0 heterocycles. The van der Waals surface area contributed by atoms with Gasteiger partial charge in [-0.05, 0) is 12.1 Å². The molecule has 0 fully saturated rings. The van der Waals surface area contributed by atoms with Crippen molar-refractivity contribution in [3.8, 4) is 11.5 Å². The minimum atomic E-state index is -0.191. The van der Waals surface area contributed by atoms with E-state index < -0.39 is 0 Å². The quantitative estimate of drug-likeness (QED) is 0.577. The van der Waals surface area contributed by atoms with E-state index >= 15 is 0 Å². The Morgan fingerprint density at radius 1 is 1.27 bits per heavy atom. The maximum atomic E-state index is 11.1. The predicted octanol–water partition coefficient (Wildman–Crippen LogP) is 1.53. The first-order chi connectivity index (χ1) is 7.13. The zero-order chi connectivity index (χ0) is 11.4. The molecule has 0 aliphatic carbocycles. The molecule has 5 heteroatoms. The third-order valence-electron chi connectivity index (χ3n) is 1.95. The van der Waals surface area contributed by atoms with Crippen LogP contribution < -0.4 is 9.47 Å². The van der Waals surface area contributed by atoms with E-state index in [9.17, 15) is 9.59 Å². The Labute approximate surface area is 89.8 Å². The summed E-state index contributed by atoms with van der Waals surface area (Å²) in [7, 11) is 4.91. The molecular formula is C10H11O4P. The number of methoxy groups -OCH3 is 2. The zero-order valence-corrected chi connectivity index (χ0v) is 9.60. The minimum absolute atomic E-state index is 0.191. The molecule has 1 aromatic rings. The van der Waals surface area contributed by atoms with Crippen LogP contribution in [0.4, 0.5) is 0 Å². The maximum absolute atomic E-state index is 11.1. The van der Waals surface area contributed by atoms with Crippen LogP contribution in [0.25, 0.3) is 0 Å². The minimum Gasteiger partial charge on any atom is -0.496 e. The molecule has 0 saturated carbocycles. The van der Waals surface area contributed by atoms with Crippen LogP contribution in [0.3, 0.4) is 0 Å². The molecule has 1 rings (SSSR count). The van der Waals surface area contributed by atoms with Crippen LogP contribution in [-0.2, 0) is 0 Å². The second-order valence-electron chi connectivity index (χ2n) is 2.78. The molecular weight excluding hydrogens is 215 g/mol. The summed E-state index contributed by atoms with van der Waals surface area (Å²) in [6, 6.07) is 3.00. The Hall–Kier alpha value is -1.41. The first-order valence-corrected chi connectivity index (χ1v) is 4.72. The molecule has 1 aromatic carbocycles. The van der Waals surface area contributed by atoms with Gasteiger partial charge in [-0.2, -0.15) is 0 Å². The van der Waals surface area contributed by atoms with Crippen molar-refractivity contribution in [3.05, 3.63) is 23.3 Å². The summed E-state index contributed by atoms with van der Waals surface area (Å²) in [6.45, 7) is 0. The molecule has 1 atom stereocenters. The number of rotatable bonds is 4. The van der Waals surface area contributed by atoms with Crippen molar-refractivity contribution in [3.63, 3.8) is 0 Å². The lowest BCUT2D eigenvalue weighted by Crippen LogP contribution is -1.99. The molecule has 15 heavy (non-hydrogen) atoms. The number of benzene rings is 1. The van der Waals surface area contributed by atoms with E-state index in [2.05, 4.69) is 9.24 Å². The normalized spacial score (nSPS) is 9.53. The monoisotopic (exact) mass is 226 g/mol. The fourth-order valence-electron chi connectivity index (χ4n) is 1.20. The van der Waals surface area contributed by atoms with Gasteiger partial charge in [-0.25, -0.2) is 0 Å². The van der Waals surface area contributed by atoms with Crippen molar-refractivity contribution in [1.29, 1.82) is 0 Å². The Kier molecular flexibility index (Phi) is 3.81. The van der Waals surface area contributed by atoms with Crippen molar-refractivity contribution >= 4 is 21.1 Å². The maximum Gasteiger partial charge on any atom is 0.178 e. The number of carbonyl (C=O) groups excluding carboxylic acids is 2. The summed E-state index contributed by atoms with van der Waals surface area (Å²) < 4.78 is 9.99. The van der Waals surface area contributed by atoms with Gasteiger partial charge in [0.2, 0.25) is 0 Å². The second-order valence-corrected chi connectivity index (χ2v) is 3.30. The van der Waals surface area contributed by atoms with Gasteiger partial charge in [0.15, 0.2) is 11.8 Å². The standard InChI is InChI=1S/C10H11O4P/c1-13-8-3-6(10(12)15)4-9(14-2)7(8)5-11/h3-5H,15H2,1-2H3. The van der Waals surface area contributed by atoms with Crippen molar-refractivity contribution in [2.75, 3.05) is 14.2 Å². The smallest absolute Gasteiger partial charge is 0.178 e. The molecule has 0 bridgehead atoms. The summed E-state index contributed by atoms with van der Waals surface area (Å²) in [5.41, 5.74) is 0.526. The highest BCUT2D eigenvalue weighted by molar-refractivity contribution is 7.41. The van der Waals surface area contributed by atoms with E-state index in [1.165, 1.54) is 26.4 Å². The van der Waals surface area contributed by atoms with E-state index in [-0.39, 0.29) is 5.52 Å². The van der Waals surface area contributed by atoms with E-state index in [0.717, 1.165) is 0 Å². The number of hydrogen-bond donors (Lipinski definition) is 0. The fraction of sp³-hybridized carbons (Fsp3) is 0.200. The lowest BCUT2D eigenvalue weighted by Gasteiger charge is -2.10. The average Bonchev–Trinajstić information content (AvgIpc) is 2.26. The highest BCUT2D eigenvalue weighted by Crippen LogP contribution is 2.29. The van der Waals surface area contributed by atoms with Crippen molar-refractivity contribution in [1.82, 2.24) is 0 Å². The van der Waals surface area contributed by atoms with Gasteiger partial charge in [0.25, 0.3) is 0 Å². The Morgan fingerprint density at radius 2 is 1.73 bits per heavy atom. The molecule has 4 nitrogen and oxygen atoms in total. The SMILES string of the molecule is COc1cc(C(=O)P)cc(OC)c1C=O. The molecule has 0 aliphatic rings. The summed E-state index contributed by atoms with van der Waals surface area (Å²) in [5.74, 6) is 0.658. The van der Waals surface area contributed by atoms with Crippen LogP contribution >= 0.6 is 9.24 Å². The zero-order valence-electron chi connectivity index (χ0n) is 8.44. The van der Waals surface area contributed by atoms with Gasteiger partial charge in [-0.15, -0.1) is 0 Å². The first kappa shape index (κ1) is 11.7. The highest BCUT2D eigenvalue weighted by atomic mass is 31.0. The number of ether oxygens (including phenoxy) is 2. The Morgan fingerprint density at radius 3 is 2.00 bits per heavy atom. The lowest BCUT2D eigenvalue weighted by molar-refractivity contribution is 0.108. The van der Waals surface area contributed by atoms with Gasteiger partial charge in [0.05, 0.1) is 19.8 Å². The predicted molar refractivity (Wildman–Crippen MR) is 59.0 cm³/mol. The van der Waals surface area contributed by atoms with E-state index in [1.54, 1.807) is 0 Å². The fourth-order valence-corrected chi connectivity index (χ4v) is 1.36. The Balaban J connectivity index is 3.41. The summed E-state index contributed by atoms with van der Waals surface area (Å²) in [6.07, 6.45) is 0.634. The average molecular weight is 226 g/mol. The largest absolute Gasteiger partial charge is 0.496 e. The first-order valence-electron chi connectivity index (χ1n) is 4.15. The summed E-state index contributed by atoms with van der Waals surface area (Å²) in [4.78, 5) is 21.9. The van der Waals surface area contributed by atoms with Crippen LogP contribution in [0.2, 0.25) is 0 Å². The van der Waals surface area contributed by atoms with E-state index in [1.807, 2.05) is 0 Å². The Bertz CT molecular complexity index is 375. The van der Waals surface area contributed by atoms with E-state index in [4.69, 9.17) is 9.47 Å². The van der Waals surface area contributed by atoms with Crippen LogP contribution in [0.1, 0.15) is 20.7 Å². The van der Waals surface area contributed by atoms with Gasteiger partial charge >= 0.3 is 0 Å². The molecule has 0 saturated heterocycles. The number of hydrogen-bond acceptors (Lipinski definition) is 4. The summed E-state index contributed by atoms with van der Waals surface area (Å²) in [5, 5.41) is 0. The number of carbonyl (C=O) groups is 2. The van der Waals surface area contributed by atoms with Crippen molar-refractivity contribution < 1.29 is 19.1 Å². The van der Waals surface area contributed by atoms with Crippen LogP contribution in [0.5, 0.6) is 11.5 Å². The second kappa shape index (κ2) is 4.89. The third-order valence-corrected chi connectivity index (χ3v) is 2.28. The van der Waals surface area contributed by atoms with Gasteiger partial charge < -0.3 is 9.47 Å². The van der Waals surface area contributed by atoms with Crippen LogP contribution in [0, 0.1) is 0 Å². The van der Waals surface area contributed by atoms with Crippen molar-refractivity contribution in [2.45, 2.75) is 0 Å². The molecule has 0 radical (unpaired) electrons. The van der Waals surface area contributed by atoms with Gasteiger partial charge in [0.1, 0.15) is 11.5 Å². The van der Waals surface area contributed by atoms with Gasteiger partial charge in [-0.1, -0.05) is 9.24 Å². The molecule has 0 amide bonds.